The number of rotatable bonds is 13. The number of aliphatic carboxylic acids is 1. The number of ketones is 1. The van der Waals surface area contributed by atoms with Crippen LogP contribution in [0.1, 0.15) is 77.6 Å². The molecule has 0 aromatic carbocycles. The normalized spacial score (nSPS) is 34.0. The van der Waals surface area contributed by atoms with Gasteiger partial charge in [-0.3, -0.25) is 14.4 Å². The maximum absolute atomic E-state index is 12.7. The topological polar surface area (TPSA) is 135 Å². The Morgan fingerprint density at radius 2 is 1.70 bits per heavy atom. The molecule has 0 aromatic heterocycles. The average molecular weight is 464 g/mol. The largest absolute Gasteiger partial charge is 0.481 e. The van der Waals surface area contributed by atoms with E-state index in [1.807, 2.05) is 6.08 Å². The Balaban J connectivity index is 1.11. The van der Waals surface area contributed by atoms with Crippen molar-refractivity contribution in [2.75, 3.05) is 0 Å². The van der Waals surface area contributed by atoms with Crippen LogP contribution in [0.25, 0.3) is 0 Å². The SMILES string of the molecule is C/C(=C\CCCCCCCCCCC(=O)O)C(=O)NC1CC2(OC1=O)C(=O)C1OC1C1OC12. The van der Waals surface area contributed by atoms with Gasteiger partial charge < -0.3 is 24.6 Å². The number of epoxide rings is 2. The summed E-state index contributed by atoms with van der Waals surface area (Å²) in [6.07, 6.45) is 9.86. The lowest BCUT2D eigenvalue weighted by Crippen LogP contribution is -2.51. The summed E-state index contributed by atoms with van der Waals surface area (Å²) in [5.74, 6) is -1.90. The van der Waals surface area contributed by atoms with Gasteiger partial charge in [0.25, 0.3) is 0 Å². The first-order valence-electron chi connectivity index (χ1n) is 12.1. The lowest BCUT2D eigenvalue weighted by atomic mass is 9.80. The Hall–Kier alpha value is -2.26. The van der Waals surface area contributed by atoms with Gasteiger partial charge in [-0.1, -0.05) is 44.6 Å². The smallest absolute Gasteiger partial charge is 0.329 e. The molecule has 33 heavy (non-hydrogen) atoms. The van der Waals surface area contributed by atoms with E-state index in [0.717, 1.165) is 57.8 Å². The highest BCUT2D eigenvalue weighted by molar-refractivity contribution is 6.02. The molecular weight excluding hydrogens is 430 g/mol. The number of hydrogen-bond acceptors (Lipinski definition) is 7. The van der Waals surface area contributed by atoms with E-state index in [0.29, 0.717) is 5.57 Å². The molecule has 1 aliphatic carbocycles. The molecule has 4 rings (SSSR count). The first-order chi connectivity index (χ1) is 15.8. The van der Waals surface area contributed by atoms with Gasteiger partial charge in [0.1, 0.15) is 30.5 Å². The first kappa shape index (κ1) is 23.9. The fourth-order valence-electron chi connectivity index (χ4n) is 4.99. The number of nitrogens with one attached hydrogen (secondary N) is 1. The van der Waals surface area contributed by atoms with Crippen LogP contribution in [-0.2, 0) is 33.4 Å². The van der Waals surface area contributed by atoms with Crippen LogP contribution in [0.5, 0.6) is 0 Å². The van der Waals surface area contributed by atoms with Crippen LogP contribution in [0.15, 0.2) is 11.6 Å². The van der Waals surface area contributed by atoms with E-state index >= 15 is 0 Å². The van der Waals surface area contributed by atoms with Crippen LogP contribution in [0.2, 0.25) is 0 Å². The van der Waals surface area contributed by atoms with Gasteiger partial charge in [-0.15, -0.1) is 0 Å². The summed E-state index contributed by atoms with van der Waals surface area (Å²) in [6.45, 7) is 1.72. The minimum atomic E-state index is -1.31. The Kier molecular flexibility index (Phi) is 7.19. The predicted molar refractivity (Wildman–Crippen MR) is 115 cm³/mol. The number of carboxylic acid groups (broad SMARTS) is 1. The maximum Gasteiger partial charge on any atom is 0.329 e. The zero-order chi connectivity index (χ0) is 23.6. The van der Waals surface area contributed by atoms with Crippen molar-refractivity contribution in [3.63, 3.8) is 0 Å². The molecule has 1 amide bonds. The minimum absolute atomic E-state index is 0.0910. The van der Waals surface area contributed by atoms with E-state index in [-0.39, 0.29) is 36.7 Å². The first-order valence-corrected chi connectivity index (χ1v) is 12.1. The third-order valence-electron chi connectivity index (χ3n) is 7.04. The van der Waals surface area contributed by atoms with Crippen LogP contribution in [-0.4, -0.2) is 64.8 Å². The quantitative estimate of drug-likeness (QED) is 0.184. The Morgan fingerprint density at radius 3 is 2.39 bits per heavy atom. The molecule has 9 heteroatoms. The number of ether oxygens (including phenoxy) is 3. The third-order valence-corrected chi connectivity index (χ3v) is 7.04. The van der Waals surface area contributed by atoms with Crippen LogP contribution >= 0.6 is 0 Å². The molecule has 0 radical (unpaired) electrons. The minimum Gasteiger partial charge on any atom is -0.481 e. The molecule has 182 valence electrons. The molecule has 4 fully saturated rings. The van der Waals surface area contributed by atoms with Crippen LogP contribution in [0.4, 0.5) is 0 Å². The second-order valence-corrected chi connectivity index (χ2v) is 9.60. The molecule has 3 saturated heterocycles. The summed E-state index contributed by atoms with van der Waals surface area (Å²) in [6, 6.07) is -0.861. The molecule has 1 spiro atoms. The molecule has 6 atom stereocenters. The van der Waals surface area contributed by atoms with Crippen molar-refractivity contribution >= 4 is 23.6 Å². The van der Waals surface area contributed by atoms with Gasteiger partial charge in [0, 0.05) is 18.4 Å². The zero-order valence-electron chi connectivity index (χ0n) is 19.0. The van der Waals surface area contributed by atoms with E-state index < -0.39 is 35.8 Å². The second-order valence-electron chi connectivity index (χ2n) is 9.60. The number of carbonyl (C=O) groups excluding carboxylic acids is 3. The summed E-state index contributed by atoms with van der Waals surface area (Å²) in [5, 5.41) is 11.3. The number of carboxylic acids is 1. The Labute approximate surface area is 193 Å². The monoisotopic (exact) mass is 463 g/mol. The molecule has 0 bridgehead atoms. The van der Waals surface area contributed by atoms with Crippen molar-refractivity contribution in [2.45, 2.75) is 114 Å². The van der Waals surface area contributed by atoms with E-state index in [9.17, 15) is 19.2 Å². The summed E-state index contributed by atoms with van der Waals surface area (Å²) in [4.78, 5) is 48.0. The molecule has 4 aliphatic rings. The molecule has 1 saturated carbocycles. The van der Waals surface area contributed by atoms with E-state index in [4.69, 9.17) is 19.3 Å². The summed E-state index contributed by atoms with van der Waals surface area (Å²) >= 11 is 0. The van der Waals surface area contributed by atoms with Gasteiger partial charge in [-0.05, 0) is 26.2 Å². The van der Waals surface area contributed by atoms with Crippen LogP contribution < -0.4 is 5.32 Å². The molecule has 6 unspecified atom stereocenters. The standard InChI is InChI=1S/C24H33NO8/c1-14(11-9-7-5-3-2-4-6-8-10-12-16(26)27)22(29)25-15-13-24(33-23(15)30)20(28)18-17(31-18)19-21(24)32-19/h11,15,17-19,21H,2-10,12-13H2,1H3,(H,25,29)(H,26,27)/b14-11+. The fourth-order valence-corrected chi connectivity index (χ4v) is 4.99. The fraction of sp³-hybridized carbons (Fsp3) is 0.750. The van der Waals surface area contributed by atoms with Gasteiger partial charge in [-0.25, -0.2) is 4.79 Å². The molecule has 9 nitrogen and oxygen atoms in total. The summed E-state index contributed by atoms with van der Waals surface area (Å²) in [7, 11) is 0. The second kappa shape index (κ2) is 9.93. The predicted octanol–water partition coefficient (Wildman–Crippen LogP) is 2.21. The van der Waals surface area contributed by atoms with Crippen LogP contribution in [0.3, 0.4) is 0 Å². The number of carbonyl (C=O) groups is 4. The van der Waals surface area contributed by atoms with Gasteiger partial charge >= 0.3 is 11.9 Å². The summed E-state index contributed by atoms with van der Waals surface area (Å²) in [5.41, 5.74) is -0.770. The van der Waals surface area contributed by atoms with Gasteiger partial charge in [0.15, 0.2) is 0 Å². The van der Waals surface area contributed by atoms with Gasteiger partial charge in [0.05, 0.1) is 0 Å². The Morgan fingerprint density at radius 1 is 1.03 bits per heavy atom. The Bertz CT molecular complexity index is 838. The highest BCUT2D eigenvalue weighted by atomic mass is 16.7. The molecule has 0 aromatic rings. The van der Waals surface area contributed by atoms with Crippen molar-refractivity contribution in [1.29, 1.82) is 0 Å². The number of allylic oxidation sites excluding steroid dienone is 1. The summed E-state index contributed by atoms with van der Waals surface area (Å²) < 4.78 is 16.4. The highest BCUT2D eigenvalue weighted by Gasteiger charge is 2.79. The average Bonchev–Trinajstić information content (AvgIpc) is 3.67. The van der Waals surface area contributed by atoms with Crippen molar-refractivity contribution < 1.29 is 38.5 Å². The number of unbranched alkanes of at least 4 members (excludes halogenated alkanes) is 8. The van der Waals surface area contributed by atoms with E-state index in [2.05, 4.69) is 5.32 Å². The molecule has 2 N–H and O–H groups in total. The lowest BCUT2D eigenvalue weighted by molar-refractivity contribution is -0.160. The van der Waals surface area contributed by atoms with E-state index in [1.165, 1.54) is 0 Å². The molecule has 3 heterocycles. The van der Waals surface area contributed by atoms with Crippen molar-refractivity contribution in [1.82, 2.24) is 5.32 Å². The molecule has 3 aliphatic heterocycles. The van der Waals surface area contributed by atoms with E-state index in [1.54, 1.807) is 6.92 Å². The number of amides is 1. The van der Waals surface area contributed by atoms with Crippen molar-refractivity contribution in [3.8, 4) is 0 Å². The third kappa shape index (κ3) is 5.30. The maximum atomic E-state index is 12.7. The van der Waals surface area contributed by atoms with Crippen molar-refractivity contribution in [3.05, 3.63) is 11.6 Å². The van der Waals surface area contributed by atoms with Crippen LogP contribution in [0, 0.1) is 0 Å². The number of hydrogen-bond donors (Lipinski definition) is 2. The number of Topliss-reactive ketones (excluding diaryl/α,β-unsaturated/α-hetero) is 1. The number of fused-ring (bicyclic) bond motifs is 4. The lowest BCUT2D eigenvalue weighted by Gasteiger charge is -2.25. The molecular formula is C24H33NO8. The van der Waals surface area contributed by atoms with Gasteiger partial charge in [-0.2, -0.15) is 0 Å². The number of esters is 1. The van der Waals surface area contributed by atoms with Crippen molar-refractivity contribution in [2.24, 2.45) is 0 Å². The zero-order valence-corrected chi connectivity index (χ0v) is 19.0. The highest BCUT2D eigenvalue weighted by Crippen LogP contribution is 2.55. The van der Waals surface area contributed by atoms with Gasteiger partial charge in [0.2, 0.25) is 17.3 Å².